The predicted molar refractivity (Wildman–Crippen MR) is 116 cm³/mol. The van der Waals surface area contributed by atoms with Crippen molar-refractivity contribution >= 4 is 12.0 Å². The molecule has 3 aliphatic rings. The van der Waals surface area contributed by atoms with Gasteiger partial charge in [0.05, 0.1) is 29.3 Å². The van der Waals surface area contributed by atoms with Gasteiger partial charge in [-0.3, -0.25) is 5.01 Å². The molecule has 3 aliphatic heterocycles. The third-order valence-corrected chi connectivity index (χ3v) is 6.35. The number of fused-ring (bicyclic) bond motifs is 1. The van der Waals surface area contributed by atoms with Crippen LogP contribution in [0.5, 0.6) is 0 Å². The summed E-state index contributed by atoms with van der Waals surface area (Å²) in [5, 5.41) is 17.0. The van der Waals surface area contributed by atoms with Crippen LogP contribution in [0.3, 0.4) is 0 Å². The molecule has 1 aromatic rings. The Bertz CT molecular complexity index is 926. The second-order valence-corrected chi connectivity index (χ2v) is 8.62. The first kappa shape index (κ1) is 21.2. The van der Waals surface area contributed by atoms with E-state index in [1.54, 1.807) is 17.1 Å². The first-order chi connectivity index (χ1) is 14.9. The Morgan fingerprint density at radius 2 is 2.10 bits per heavy atom. The molecule has 0 bridgehead atoms. The van der Waals surface area contributed by atoms with E-state index in [4.69, 9.17) is 15.8 Å². The Morgan fingerprint density at radius 3 is 2.77 bits per heavy atom. The molecular formula is C22H29N7O2. The summed E-state index contributed by atoms with van der Waals surface area (Å²) in [5.41, 5.74) is 2.13. The summed E-state index contributed by atoms with van der Waals surface area (Å²) < 4.78 is 5.42. The number of urea groups is 1. The second-order valence-electron chi connectivity index (χ2n) is 8.62. The zero-order valence-corrected chi connectivity index (χ0v) is 18.0. The number of carbonyl (C=O) groups is 1. The smallest absolute Gasteiger partial charge is 0.318 e. The fraction of sp³-hybridized carbons (Fsp3) is 0.500. The number of benzene rings is 1. The van der Waals surface area contributed by atoms with E-state index in [9.17, 15) is 4.79 Å². The molecule has 4 rings (SSSR count). The molecule has 0 aromatic heterocycles. The molecule has 2 saturated heterocycles. The van der Waals surface area contributed by atoms with Crippen molar-refractivity contribution in [3.05, 3.63) is 47.2 Å². The van der Waals surface area contributed by atoms with Gasteiger partial charge in [-0.15, -0.1) is 0 Å². The number of hydrazine groups is 1. The lowest BCUT2D eigenvalue weighted by atomic mass is 9.93. The van der Waals surface area contributed by atoms with E-state index in [0.29, 0.717) is 37.8 Å². The lowest BCUT2D eigenvalue weighted by Crippen LogP contribution is -2.56. The van der Waals surface area contributed by atoms with Crippen LogP contribution in [0, 0.1) is 11.3 Å². The van der Waals surface area contributed by atoms with Gasteiger partial charge >= 0.3 is 6.03 Å². The third kappa shape index (κ3) is 4.22. The molecule has 4 N–H and O–H groups in total. The van der Waals surface area contributed by atoms with Crippen molar-refractivity contribution in [2.75, 3.05) is 19.8 Å². The van der Waals surface area contributed by atoms with E-state index >= 15 is 0 Å². The minimum Gasteiger partial charge on any atom is -0.381 e. The van der Waals surface area contributed by atoms with Gasteiger partial charge in [-0.1, -0.05) is 12.1 Å². The Morgan fingerprint density at radius 1 is 1.39 bits per heavy atom. The molecule has 3 heterocycles. The number of ether oxygens (including phenoxy) is 1. The summed E-state index contributed by atoms with van der Waals surface area (Å²) in [5.74, 6) is 6.98. The lowest BCUT2D eigenvalue weighted by molar-refractivity contribution is 0.0540. The van der Waals surface area contributed by atoms with Crippen LogP contribution < -0.4 is 16.5 Å². The highest BCUT2D eigenvalue weighted by Gasteiger charge is 2.47. The molecule has 9 heteroatoms. The Labute approximate surface area is 182 Å². The van der Waals surface area contributed by atoms with Crippen molar-refractivity contribution in [2.45, 2.75) is 50.9 Å². The van der Waals surface area contributed by atoms with Crippen LogP contribution in [0.2, 0.25) is 0 Å². The highest BCUT2D eigenvalue weighted by molar-refractivity contribution is 5.84. The van der Waals surface area contributed by atoms with Crippen molar-refractivity contribution in [1.82, 2.24) is 20.5 Å². The van der Waals surface area contributed by atoms with Crippen LogP contribution in [-0.2, 0) is 11.3 Å². The monoisotopic (exact) mass is 423 g/mol. The number of rotatable bonds is 3. The zero-order chi connectivity index (χ0) is 22.0. The molecule has 1 unspecified atom stereocenters. The highest BCUT2D eigenvalue weighted by atomic mass is 16.5. The molecule has 164 valence electrons. The summed E-state index contributed by atoms with van der Waals surface area (Å²) in [7, 11) is 0. The maximum absolute atomic E-state index is 13.0. The molecule has 31 heavy (non-hydrogen) atoms. The number of carbonyl (C=O) groups excluding carboxylic acids is 1. The lowest BCUT2D eigenvalue weighted by Gasteiger charge is -2.35. The Kier molecular flexibility index (Phi) is 5.85. The minimum absolute atomic E-state index is 0.0333. The van der Waals surface area contributed by atoms with Gasteiger partial charge in [0.15, 0.2) is 0 Å². The van der Waals surface area contributed by atoms with Crippen LogP contribution in [-0.4, -0.2) is 59.3 Å². The van der Waals surface area contributed by atoms with Gasteiger partial charge in [-0.2, -0.15) is 5.26 Å². The number of nitrogens with one attached hydrogen (secondary N) is 2. The van der Waals surface area contributed by atoms with Gasteiger partial charge in [-0.05, 0) is 50.0 Å². The van der Waals surface area contributed by atoms with E-state index < -0.39 is 5.54 Å². The standard InChI is InChI=1S/C22H29N7O2/c1-22(2)18-13-25-20(29(24)17-7-9-31-10-8-17)27-19(18)14-28(22)21(30)26-12-16-5-3-15(11-23)4-6-16/h3-6,13,17,19H,7-10,12,14,24H2,1-2H3,(H,25,27)(H,26,30). The van der Waals surface area contributed by atoms with E-state index in [-0.39, 0.29) is 18.1 Å². The van der Waals surface area contributed by atoms with E-state index in [0.717, 1.165) is 24.0 Å². The first-order valence-corrected chi connectivity index (χ1v) is 10.6. The van der Waals surface area contributed by atoms with Crippen LogP contribution in [0.4, 0.5) is 4.79 Å². The molecular weight excluding hydrogens is 394 g/mol. The quantitative estimate of drug-likeness (QED) is 0.500. The van der Waals surface area contributed by atoms with E-state index in [1.165, 1.54) is 0 Å². The van der Waals surface area contributed by atoms with Crippen molar-refractivity contribution in [3.8, 4) is 6.07 Å². The molecule has 9 nitrogen and oxygen atoms in total. The molecule has 0 spiro atoms. The molecule has 0 saturated carbocycles. The second kappa shape index (κ2) is 8.57. The normalized spacial score (nSPS) is 22.5. The molecule has 0 aliphatic carbocycles. The van der Waals surface area contributed by atoms with Gasteiger partial charge in [0, 0.05) is 32.5 Å². The molecule has 1 atom stereocenters. The number of nitrogens with two attached hydrogens (primary N) is 1. The summed E-state index contributed by atoms with van der Waals surface area (Å²) in [6, 6.07) is 9.32. The number of likely N-dealkylation sites (tertiary alicyclic amines) is 1. The van der Waals surface area contributed by atoms with Gasteiger partial charge in [0.1, 0.15) is 0 Å². The van der Waals surface area contributed by atoms with Gasteiger partial charge < -0.3 is 20.3 Å². The van der Waals surface area contributed by atoms with E-state index in [2.05, 4.69) is 21.7 Å². The highest BCUT2D eigenvalue weighted by Crippen LogP contribution is 2.35. The summed E-state index contributed by atoms with van der Waals surface area (Å²) in [6.07, 6.45) is 3.59. The SMILES string of the molecule is CC1(C)C2=CN=C(N(N)C3CCOCC3)NC2CN1C(=O)NCc1ccc(C#N)cc1. The number of nitrogens with zero attached hydrogens (tertiary/aromatic N) is 4. The number of aliphatic imine (C=N–C) groups is 1. The number of nitriles is 1. The van der Waals surface area contributed by atoms with Crippen LogP contribution >= 0.6 is 0 Å². The van der Waals surface area contributed by atoms with Crippen LogP contribution in [0.15, 0.2) is 41.0 Å². The van der Waals surface area contributed by atoms with Gasteiger partial charge in [-0.25, -0.2) is 15.6 Å². The molecule has 0 radical (unpaired) electrons. The van der Waals surface area contributed by atoms with Crippen molar-refractivity contribution in [1.29, 1.82) is 5.26 Å². The fourth-order valence-electron chi connectivity index (χ4n) is 4.37. The van der Waals surface area contributed by atoms with E-state index in [1.807, 2.05) is 37.1 Å². The minimum atomic E-state index is -0.473. The van der Waals surface area contributed by atoms with Crippen molar-refractivity contribution in [3.63, 3.8) is 0 Å². The summed E-state index contributed by atoms with van der Waals surface area (Å²) in [4.78, 5) is 19.4. The van der Waals surface area contributed by atoms with Gasteiger partial charge in [0.2, 0.25) is 5.96 Å². The maximum Gasteiger partial charge on any atom is 0.318 e. The number of guanidine groups is 1. The molecule has 2 amide bonds. The van der Waals surface area contributed by atoms with Crippen molar-refractivity contribution < 1.29 is 9.53 Å². The fourth-order valence-corrected chi connectivity index (χ4v) is 4.37. The van der Waals surface area contributed by atoms with Crippen molar-refractivity contribution in [2.24, 2.45) is 10.8 Å². The summed E-state index contributed by atoms with van der Waals surface area (Å²) in [6.45, 7) is 6.39. The molecule has 2 fully saturated rings. The Hall–Kier alpha value is -3.09. The number of amides is 2. The average molecular weight is 424 g/mol. The summed E-state index contributed by atoms with van der Waals surface area (Å²) >= 11 is 0. The number of hydrogen-bond acceptors (Lipinski definition) is 7. The zero-order valence-electron chi connectivity index (χ0n) is 18.0. The topological polar surface area (TPSA) is 119 Å². The first-order valence-electron chi connectivity index (χ1n) is 10.6. The maximum atomic E-state index is 13.0. The predicted octanol–water partition coefficient (Wildman–Crippen LogP) is 1.43. The van der Waals surface area contributed by atoms with Crippen LogP contribution in [0.1, 0.15) is 37.8 Å². The van der Waals surface area contributed by atoms with Gasteiger partial charge in [0.25, 0.3) is 0 Å². The number of hydrogen-bond donors (Lipinski definition) is 3. The Balaban J connectivity index is 1.39. The molecule has 1 aromatic carbocycles. The third-order valence-electron chi connectivity index (χ3n) is 6.35. The largest absolute Gasteiger partial charge is 0.381 e. The average Bonchev–Trinajstić information content (AvgIpc) is 3.08. The van der Waals surface area contributed by atoms with Crippen LogP contribution in [0.25, 0.3) is 0 Å².